The summed E-state index contributed by atoms with van der Waals surface area (Å²) in [5.74, 6) is 12.3. The lowest BCUT2D eigenvalue weighted by Gasteiger charge is -2.25. The van der Waals surface area contributed by atoms with E-state index >= 15 is 0 Å². The molecule has 0 saturated carbocycles. The molecule has 0 aliphatic rings. The number of ether oxygens (including phenoxy) is 7. The number of amides is 1. The molecule has 0 spiro atoms. The van der Waals surface area contributed by atoms with Gasteiger partial charge in [-0.25, -0.2) is 9.18 Å². The molecule has 6 aromatic carbocycles. The fraction of sp³-hybridized carbons (Fsp3) is 0.483. The van der Waals surface area contributed by atoms with Gasteiger partial charge in [-0.15, -0.1) is 25.7 Å². The second-order valence-electron chi connectivity index (χ2n) is 27.7. The zero-order valence-corrected chi connectivity index (χ0v) is 72.7. The molecule has 652 valence electrons. The third-order valence-corrected chi connectivity index (χ3v) is 19.0. The van der Waals surface area contributed by atoms with Crippen LogP contribution in [0.1, 0.15) is 74.9 Å². The van der Waals surface area contributed by atoms with Gasteiger partial charge < -0.3 is 53.6 Å². The number of alkyl halides is 4. The van der Waals surface area contributed by atoms with E-state index in [0.717, 1.165) is 68.7 Å². The lowest BCUT2D eigenvalue weighted by molar-refractivity contribution is -0.185. The van der Waals surface area contributed by atoms with Crippen LogP contribution in [0.4, 0.5) is 17.6 Å². The van der Waals surface area contributed by atoms with Crippen molar-refractivity contribution in [2.45, 2.75) is 122 Å². The van der Waals surface area contributed by atoms with Gasteiger partial charge in [0, 0.05) is 43.3 Å². The molecule has 23 nitrogen and oxygen atoms in total. The van der Waals surface area contributed by atoms with Crippen molar-refractivity contribution in [2.24, 2.45) is 0 Å². The molecule has 29 heteroatoms. The number of hydrogen-bond donors (Lipinski definition) is 3. The van der Waals surface area contributed by atoms with Gasteiger partial charge in [-0.05, 0) is 221 Å². The Morgan fingerprint density at radius 3 is 0.890 bits per heavy atom. The van der Waals surface area contributed by atoms with E-state index in [-0.39, 0.29) is 59.3 Å². The summed E-state index contributed by atoms with van der Waals surface area (Å²) in [6.45, 7) is 15.4. The van der Waals surface area contributed by atoms with Crippen LogP contribution in [0.15, 0.2) is 146 Å². The van der Waals surface area contributed by atoms with Gasteiger partial charge in [0.25, 0.3) is 20.2 Å². The first-order valence-electron chi connectivity index (χ1n) is 38.3. The molecule has 0 heterocycles. The molecular weight excluding hydrogens is 1570 g/mol. The predicted molar refractivity (Wildman–Crippen MR) is 458 cm³/mol. The molecule has 6 atom stereocenters. The van der Waals surface area contributed by atoms with E-state index < -0.39 is 51.0 Å². The number of carbonyl (C=O) groups excluding carboxylic acids is 2. The molecule has 3 N–H and O–H groups in total. The molecule has 0 aromatic heterocycles. The monoisotopic (exact) mass is 1690 g/mol. The minimum atomic E-state index is -4.88. The number of methoxy groups -OCH3 is 1. The van der Waals surface area contributed by atoms with Crippen LogP contribution in [0.2, 0.25) is 0 Å². The lowest BCUT2D eigenvalue weighted by atomic mass is 10.1. The molecule has 0 radical (unpaired) electrons. The number of carbonyl (C=O) groups is 2. The van der Waals surface area contributed by atoms with Gasteiger partial charge in [0.05, 0.1) is 59.0 Å². The Morgan fingerprint density at radius 1 is 0.415 bits per heavy atom. The number of benzene rings is 6. The molecule has 0 saturated heterocycles. The van der Waals surface area contributed by atoms with Gasteiger partial charge in [-0.3, -0.25) is 32.8 Å². The Balaban J connectivity index is 0.000000712. The van der Waals surface area contributed by atoms with Gasteiger partial charge in [0.1, 0.15) is 87.4 Å². The summed E-state index contributed by atoms with van der Waals surface area (Å²) in [7, 11) is 5.56. The fourth-order valence-corrected chi connectivity index (χ4v) is 11.0. The average molecular weight is 1690 g/mol. The molecule has 6 aromatic rings. The number of halogens is 4. The molecule has 0 aliphatic heterocycles. The maximum Gasteiger partial charge on any atom is 0.471 e. The molecule has 1 amide bonds. The number of terminal acetylenes is 4. The minimum Gasteiger partial charge on any atom is -0.491 e. The van der Waals surface area contributed by atoms with Crippen LogP contribution in [-0.2, 0) is 81.5 Å². The third-order valence-electron chi connectivity index (χ3n) is 17.8. The summed E-state index contributed by atoms with van der Waals surface area (Å²) in [6.07, 6.45) is 23.3. The van der Waals surface area contributed by atoms with E-state index in [0.29, 0.717) is 97.5 Å². The van der Waals surface area contributed by atoms with Gasteiger partial charge in [-0.2, -0.15) is 30.0 Å². The summed E-state index contributed by atoms with van der Waals surface area (Å²) in [5.41, 5.74) is 6.88. The smallest absolute Gasteiger partial charge is 0.471 e. The van der Waals surface area contributed by atoms with Crippen molar-refractivity contribution in [3.05, 3.63) is 179 Å². The molecule has 0 fully saturated rings. The predicted octanol–water partition coefficient (Wildman–Crippen LogP) is 10.6. The van der Waals surface area contributed by atoms with Crippen LogP contribution in [0.3, 0.4) is 0 Å². The van der Waals surface area contributed by atoms with Gasteiger partial charge in [-0.1, -0.05) is 96.5 Å². The number of esters is 1. The summed E-state index contributed by atoms with van der Waals surface area (Å²) in [6, 6.07) is 47.0. The largest absolute Gasteiger partial charge is 0.491 e. The third kappa shape index (κ3) is 50.4. The Bertz CT molecular complexity index is 3940. The van der Waals surface area contributed by atoms with Crippen molar-refractivity contribution in [2.75, 3.05) is 161 Å². The molecule has 6 unspecified atom stereocenters. The van der Waals surface area contributed by atoms with Gasteiger partial charge in [0.2, 0.25) is 0 Å². The molecule has 6 rings (SSSR count). The van der Waals surface area contributed by atoms with E-state index in [9.17, 15) is 44.0 Å². The fourth-order valence-electron chi connectivity index (χ4n) is 10.2. The highest BCUT2D eigenvalue weighted by molar-refractivity contribution is 7.86. The number of nitrogens with one attached hydrogen (secondary N) is 1. The van der Waals surface area contributed by atoms with Crippen molar-refractivity contribution in [3.8, 4) is 83.9 Å². The van der Waals surface area contributed by atoms with Gasteiger partial charge in [0.15, 0.2) is 6.61 Å². The Hall–Kier alpha value is -9.44. The van der Waals surface area contributed by atoms with Crippen LogP contribution in [-0.4, -0.2) is 267 Å². The van der Waals surface area contributed by atoms with Crippen molar-refractivity contribution in [1.82, 2.24) is 29.8 Å². The quantitative estimate of drug-likeness (QED) is 0.0106. The first kappa shape index (κ1) is 107. The van der Waals surface area contributed by atoms with Crippen molar-refractivity contribution >= 4 is 32.1 Å². The molecule has 0 bridgehead atoms. The molecular formula is C89H124F4N6O17S2. The van der Waals surface area contributed by atoms with Crippen LogP contribution in [0, 0.1) is 49.4 Å². The average Bonchev–Trinajstić information content (AvgIpc) is 0.852. The van der Waals surface area contributed by atoms with E-state index in [4.69, 9.17) is 64.3 Å². The molecule has 118 heavy (non-hydrogen) atoms. The maximum atomic E-state index is 12.4. The van der Waals surface area contributed by atoms with Crippen molar-refractivity contribution in [1.29, 1.82) is 0 Å². The topological polar surface area (TPSA) is 254 Å². The normalized spacial score (nSPS) is 12.5. The highest BCUT2D eigenvalue weighted by Crippen LogP contribution is 2.23. The van der Waals surface area contributed by atoms with Crippen molar-refractivity contribution < 1.29 is 95.7 Å². The SMILES string of the molecule is C#CCN(C)C(C)Cc1ccc(OCCF)cc1.C#CCN(C)C(C)Cc1ccc(OCCO)cc1.C#CCN(C)C(C)Cc1ccc(OCCOS(C)(=O)=O)cc1.C#CCN(C)C(C)Cc1ccc(OCCOS(C)(=O)=O)cc1.CNC(C)Cc1ccc(OCCO)cc1.COC(=O)COc1ccc(CC(C)N(C)C(=O)C(F)(F)F)cc1. The second kappa shape index (κ2) is 60.1. The Morgan fingerprint density at radius 2 is 0.661 bits per heavy atom. The number of aliphatic hydroxyl groups excluding tert-OH is 2. The van der Waals surface area contributed by atoms with E-state index in [2.05, 4.69) is 108 Å². The first-order chi connectivity index (χ1) is 55.9. The molecule has 0 aliphatic carbocycles. The van der Waals surface area contributed by atoms with Crippen molar-refractivity contribution in [3.63, 3.8) is 0 Å². The summed E-state index contributed by atoms with van der Waals surface area (Å²) >= 11 is 0. The number of rotatable bonds is 44. The highest BCUT2D eigenvalue weighted by Gasteiger charge is 2.42. The summed E-state index contributed by atoms with van der Waals surface area (Å²) in [5, 5.41) is 20.5. The van der Waals surface area contributed by atoms with E-state index in [1.807, 2.05) is 144 Å². The summed E-state index contributed by atoms with van der Waals surface area (Å²) in [4.78, 5) is 31.3. The van der Waals surface area contributed by atoms with E-state index in [1.165, 1.54) is 41.9 Å². The van der Waals surface area contributed by atoms with E-state index in [1.54, 1.807) is 24.3 Å². The van der Waals surface area contributed by atoms with Crippen LogP contribution >= 0.6 is 0 Å². The Kier molecular flexibility index (Phi) is 54.3. The minimum absolute atomic E-state index is 0.00843. The van der Waals surface area contributed by atoms with Crippen LogP contribution in [0.5, 0.6) is 34.5 Å². The number of likely N-dealkylation sites (N-methyl/N-ethyl adjacent to an activating group) is 6. The van der Waals surface area contributed by atoms with Gasteiger partial charge >= 0.3 is 18.1 Å². The summed E-state index contributed by atoms with van der Waals surface area (Å²) < 4.78 is 138. The van der Waals surface area contributed by atoms with Crippen LogP contribution < -0.4 is 33.7 Å². The number of hydrogen-bond acceptors (Lipinski definition) is 22. The first-order valence-corrected chi connectivity index (χ1v) is 41.9. The zero-order chi connectivity index (χ0) is 88.7. The second-order valence-corrected chi connectivity index (χ2v) is 31.0. The number of nitrogens with zero attached hydrogens (tertiary/aromatic N) is 5. The highest BCUT2D eigenvalue weighted by atomic mass is 32.2. The zero-order valence-electron chi connectivity index (χ0n) is 71.1. The Labute approximate surface area is 700 Å². The maximum absolute atomic E-state index is 12.4. The standard InChI is InChI=1S/2C16H23NO4S.C15H18F3NO4.C15H20FNO.C15H21NO2.C12H19NO2/c2*1-5-10-17(3)14(2)13-15-6-8-16(9-7-15)20-11-12-21-22(4,18)19;1-10(19(2)14(21)15(16,17)18)8-11-4-6-12(7-5-11)23-9-13(20)22-3;1-4-10-17(3)13(2)12-14-5-7-15(8-6-14)18-11-9-16;1-4-9-16(3)13(2)12-14-5-7-15(8-6-14)18-11-10-17;1-10(13-2)9-11-3-5-12(6-4-11)15-8-7-14/h2*1,6-9,14H,10-13H2,2-4H3;4-7,10H,8-9H2,1-3H3;1,5-8,13H,9-12H2,2-3H3;1,5-8,13,17H,9-12H2,2-3H3;3-6,10,13-14H,7-9H2,1-2H3. The number of aliphatic hydroxyl groups is 2. The van der Waals surface area contributed by atoms with Crippen LogP contribution in [0.25, 0.3) is 0 Å². The lowest BCUT2D eigenvalue weighted by Crippen LogP contribution is -2.44.